The van der Waals surface area contributed by atoms with Crippen molar-refractivity contribution in [3.05, 3.63) is 0 Å². The van der Waals surface area contributed by atoms with E-state index in [9.17, 15) is 4.79 Å². The van der Waals surface area contributed by atoms with Crippen LogP contribution in [0.15, 0.2) is 0 Å². The number of carbonyl (C=O) groups excluding carboxylic acids is 1. The Bertz CT molecular complexity index is 211. The SMILES string of the molecule is C#CCN1CCC(NC(C)=O)CC1. The van der Waals surface area contributed by atoms with Crippen molar-refractivity contribution in [2.75, 3.05) is 19.6 Å². The monoisotopic (exact) mass is 180 g/mol. The van der Waals surface area contributed by atoms with E-state index in [2.05, 4.69) is 16.1 Å². The lowest BCUT2D eigenvalue weighted by Gasteiger charge is -2.30. The fourth-order valence-electron chi connectivity index (χ4n) is 1.65. The van der Waals surface area contributed by atoms with E-state index in [1.165, 1.54) is 0 Å². The number of piperidine rings is 1. The Morgan fingerprint density at radius 2 is 2.23 bits per heavy atom. The van der Waals surface area contributed by atoms with Gasteiger partial charge in [0.2, 0.25) is 5.91 Å². The lowest BCUT2D eigenvalue weighted by Crippen LogP contribution is -2.44. The van der Waals surface area contributed by atoms with Gasteiger partial charge in [-0.1, -0.05) is 5.92 Å². The van der Waals surface area contributed by atoms with Gasteiger partial charge in [-0.2, -0.15) is 0 Å². The second-order valence-electron chi connectivity index (χ2n) is 3.46. The van der Waals surface area contributed by atoms with E-state index in [-0.39, 0.29) is 5.91 Å². The lowest BCUT2D eigenvalue weighted by atomic mass is 10.1. The van der Waals surface area contributed by atoms with Crippen LogP contribution in [0.25, 0.3) is 0 Å². The van der Waals surface area contributed by atoms with Crippen molar-refractivity contribution in [2.24, 2.45) is 0 Å². The van der Waals surface area contributed by atoms with Crippen molar-refractivity contribution in [3.63, 3.8) is 0 Å². The highest BCUT2D eigenvalue weighted by Gasteiger charge is 2.18. The first kappa shape index (κ1) is 10.1. The number of terminal acetylenes is 1. The van der Waals surface area contributed by atoms with Crippen LogP contribution in [0.3, 0.4) is 0 Å². The Morgan fingerprint density at radius 3 is 2.69 bits per heavy atom. The molecule has 1 aliphatic heterocycles. The van der Waals surface area contributed by atoms with Crippen molar-refractivity contribution in [3.8, 4) is 12.3 Å². The maximum Gasteiger partial charge on any atom is 0.217 e. The van der Waals surface area contributed by atoms with Crippen LogP contribution >= 0.6 is 0 Å². The van der Waals surface area contributed by atoms with Crippen LogP contribution in [0, 0.1) is 12.3 Å². The van der Waals surface area contributed by atoms with Crippen LogP contribution in [0.4, 0.5) is 0 Å². The van der Waals surface area contributed by atoms with E-state index in [0.717, 1.165) is 32.5 Å². The van der Waals surface area contributed by atoms with Gasteiger partial charge in [0.1, 0.15) is 0 Å². The second-order valence-corrected chi connectivity index (χ2v) is 3.46. The van der Waals surface area contributed by atoms with Crippen molar-refractivity contribution >= 4 is 5.91 Å². The molecular formula is C10H16N2O. The molecule has 0 aromatic heterocycles. The summed E-state index contributed by atoms with van der Waals surface area (Å²) in [4.78, 5) is 13.0. The normalized spacial score (nSPS) is 19.4. The molecule has 3 heteroatoms. The Hall–Kier alpha value is -1.01. The standard InChI is InChI=1S/C10H16N2O/c1-3-6-12-7-4-10(5-8-12)11-9(2)13/h1,10H,4-8H2,2H3,(H,11,13). The zero-order valence-electron chi connectivity index (χ0n) is 8.05. The summed E-state index contributed by atoms with van der Waals surface area (Å²) in [6, 6.07) is 0.353. The number of hydrogen-bond donors (Lipinski definition) is 1. The molecule has 1 N–H and O–H groups in total. The van der Waals surface area contributed by atoms with Gasteiger partial charge in [-0.15, -0.1) is 6.42 Å². The average Bonchev–Trinajstić information content (AvgIpc) is 2.08. The first-order chi connectivity index (χ1) is 6.22. The van der Waals surface area contributed by atoms with Gasteiger partial charge in [-0.3, -0.25) is 9.69 Å². The molecule has 13 heavy (non-hydrogen) atoms. The van der Waals surface area contributed by atoms with Crippen LogP contribution in [-0.2, 0) is 4.79 Å². The number of rotatable bonds is 2. The molecular weight excluding hydrogens is 164 g/mol. The third-order valence-electron chi connectivity index (χ3n) is 2.31. The van der Waals surface area contributed by atoms with E-state index in [1.807, 2.05) is 0 Å². The van der Waals surface area contributed by atoms with E-state index >= 15 is 0 Å². The second kappa shape index (κ2) is 4.88. The van der Waals surface area contributed by atoms with Gasteiger partial charge in [0.05, 0.1) is 6.54 Å². The van der Waals surface area contributed by atoms with E-state index in [1.54, 1.807) is 6.92 Å². The molecule has 0 saturated carbocycles. The Kier molecular flexibility index (Phi) is 3.78. The summed E-state index contributed by atoms with van der Waals surface area (Å²) < 4.78 is 0. The number of nitrogens with one attached hydrogen (secondary N) is 1. The van der Waals surface area contributed by atoms with Gasteiger partial charge < -0.3 is 5.32 Å². The quantitative estimate of drug-likeness (QED) is 0.617. The van der Waals surface area contributed by atoms with Gasteiger partial charge >= 0.3 is 0 Å². The van der Waals surface area contributed by atoms with Gasteiger partial charge in [0.25, 0.3) is 0 Å². The Labute approximate surface area is 79.5 Å². The fraction of sp³-hybridized carbons (Fsp3) is 0.700. The molecule has 0 atom stereocenters. The molecule has 72 valence electrons. The number of nitrogens with zero attached hydrogens (tertiary/aromatic N) is 1. The number of carbonyl (C=O) groups is 1. The van der Waals surface area contributed by atoms with Crippen molar-refractivity contribution < 1.29 is 4.79 Å². The minimum atomic E-state index is 0.0652. The summed E-state index contributed by atoms with van der Waals surface area (Å²) in [5.74, 6) is 2.70. The van der Waals surface area contributed by atoms with E-state index < -0.39 is 0 Å². The third-order valence-corrected chi connectivity index (χ3v) is 2.31. The summed E-state index contributed by atoms with van der Waals surface area (Å²) in [5, 5.41) is 2.93. The molecule has 0 spiro atoms. The molecule has 1 amide bonds. The lowest BCUT2D eigenvalue weighted by molar-refractivity contribution is -0.119. The summed E-state index contributed by atoms with van der Waals surface area (Å²) in [7, 11) is 0. The molecule has 0 bridgehead atoms. The molecule has 0 unspecified atom stereocenters. The highest BCUT2D eigenvalue weighted by Crippen LogP contribution is 2.09. The minimum Gasteiger partial charge on any atom is -0.354 e. The fourth-order valence-corrected chi connectivity index (χ4v) is 1.65. The Morgan fingerprint density at radius 1 is 1.62 bits per heavy atom. The van der Waals surface area contributed by atoms with Gasteiger partial charge in [0.15, 0.2) is 0 Å². The van der Waals surface area contributed by atoms with E-state index in [0.29, 0.717) is 6.04 Å². The van der Waals surface area contributed by atoms with Crippen molar-refractivity contribution in [1.82, 2.24) is 10.2 Å². The summed E-state index contributed by atoms with van der Waals surface area (Å²) in [6.07, 6.45) is 7.24. The molecule has 3 nitrogen and oxygen atoms in total. The zero-order chi connectivity index (χ0) is 9.68. The molecule has 0 aliphatic carbocycles. The van der Waals surface area contributed by atoms with Gasteiger partial charge in [-0.25, -0.2) is 0 Å². The van der Waals surface area contributed by atoms with Crippen LogP contribution < -0.4 is 5.32 Å². The van der Waals surface area contributed by atoms with Crippen LogP contribution in [0.2, 0.25) is 0 Å². The van der Waals surface area contributed by atoms with Crippen molar-refractivity contribution in [2.45, 2.75) is 25.8 Å². The number of likely N-dealkylation sites (tertiary alicyclic amines) is 1. The van der Waals surface area contributed by atoms with Crippen LogP contribution in [0.1, 0.15) is 19.8 Å². The topological polar surface area (TPSA) is 32.3 Å². The maximum atomic E-state index is 10.8. The number of hydrogen-bond acceptors (Lipinski definition) is 2. The highest BCUT2D eigenvalue weighted by molar-refractivity contribution is 5.73. The smallest absolute Gasteiger partial charge is 0.217 e. The summed E-state index contributed by atoms with van der Waals surface area (Å²) in [6.45, 7) is 4.28. The first-order valence-corrected chi connectivity index (χ1v) is 4.65. The zero-order valence-corrected chi connectivity index (χ0v) is 8.05. The maximum absolute atomic E-state index is 10.8. The van der Waals surface area contributed by atoms with E-state index in [4.69, 9.17) is 6.42 Å². The van der Waals surface area contributed by atoms with Crippen LogP contribution in [-0.4, -0.2) is 36.5 Å². The minimum absolute atomic E-state index is 0.0652. The molecule has 1 saturated heterocycles. The molecule has 0 aromatic carbocycles. The molecule has 1 rings (SSSR count). The third kappa shape index (κ3) is 3.47. The Balaban J connectivity index is 2.23. The number of amides is 1. The molecule has 1 heterocycles. The first-order valence-electron chi connectivity index (χ1n) is 4.65. The predicted octanol–water partition coefficient (Wildman–Crippen LogP) is 0.220. The largest absolute Gasteiger partial charge is 0.354 e. The molecule has 1 fully saturated rings. The highest BCUT2D eigenvalue weighted by atomic mass is 16.1. The van der Waals surface area contributed by atoms with Crippen LogP contribution in [0.5, 0.6) is 0 Å². The average molecular weight is 180 g/mol. The molecule has 0 radical (unpaired) electrons. The van der Waals surface area contributed by atoms with Gasteiger partial charge in [-0.05, 0) is 12.8 Å². The molecule has 1 aliphatic rings. The summed E-state index contributed by atoms with van der Waals surface area (Å²) in [5.41, 5.74) is 0. The molecule has 0 aromatic rings. The van der Waals surface area contributed by atoms with Crippen molar-refractivity contribution in [1.29, 1.82) is 0 Å². The summed E-state index contributed by atoms with van der Waals surface area (Å²) >= 11 is 0. The van der Waals surface area contributed by atoms with Gasteiger partial charge in [0, 0.05) is 26.1 Å². The predicted molar refractivity (Wildman–Crippen MR) is 52.1 cm³/mol.